The second-order valence-electron chi connectivity index (χ2n) is 2.80. The standard InChI is InChI=1S/C8H7NO2S2/c10-13(11)5-8(12)9-6-3-1-2-4-7(6)13/h1-4H,5H2,(H,9,12). The Morgan fingerprint density at radius 2 is 2.00 bits per heavy atom. The highest BCUT2D eigenvalue weighted by atomic mass is 32.2. The molecule has 1 N–H and O–H groups in total. The Bertz CT molecular complexity index is 465. The van der Waals surface area contributed by atoms with E-state index in [4.69, 9.17) is 12.2 Å². The van der Waals surface area contributed by atoms with Crippen LogP contribution in [-0.2, 0) is 9.84 Å². The van der Waals surface area contributed by atoms with E-state index in [2.05, 4.69) is 5.32 Å². The summed E-state index contributed by atoms with van der Waals surface area (Å²) in [7, 11) is -3.19. The number of hydrogen-bond donors (Lipinski definition) is 1. The van der Waals surface area contributed by atoms with Crippen LogP contribution in [0.5, 0.6) is 0 Å². The number of thiocarbonyl (C=S) groups is 1. The SMILES string of the molecule is O=S1(=O)CC(=S)Nc2ccccc21. The molecule has 13 heavy (non-hydrogen) atoms. The molecule has 1 aliphatic heterocycles. The summed E-state index contributed by atoms with van der Waals surface area (Å²) < 4.78 is 23.1. The highest BCUT2D eigenvalue weighted by Crippen LogP contribution is 2.25. The first-order valence-electron chi connectivity index (χ1n) is 3.71. The quantitative estimate of drug-likeness (QED) is 0.658. The maximum absolute atomic E-state index is 11.6. The fraction of sp³-hybridized carbons (Fsp3) is 0.125. The largest absolute Gasteiger partial charge is 0.348 e. The number of para-hydroxylation sites is 1. The van der Waals surface area contributed by atoms with Crippen LogP contribution < -0.4 is 5.32 Å². The summed E-state index contributed by atoms with van der Waals surface area (Å²) in [6.07, 6.45) is 0. The molecular weight excluding hydrogens is 206 g/mol. The van der Waals surface area contributed by atoms with Crippen LogP contribution in [0, 0.1) is 0 Å². The van der Waals surface area contributed by atoms with E-state index in [1.807, 2.05) is 0 Å². The average molecular weight is 213 g/mol. The zero-order valence-corrected chi connectivity index (χ0v) is 8.28. The van der Waals surface area contributed by atoms with Crippen LogP contribution in [0.3, 0.4) is 0 Å². The molecule has 0 radical (unpaired) electrons. The maximum atomic E-state index is 11.6. The van der Waals surface area contributed by atoms with E-state index in [1.165, 1.54) is 0 Å². The van der Waals surface area contributed by atoms with Crippen molar-refractivity contribution in [3.8, 4) is 0 Å². The summed E-state index contributed by atoms with van der Waals surface area (Å²) in [6, 6.07) is 6.76. The molecule has 3 nitrogen and oxygen atoms in total. The molecule has 0 spiro atoms. The number of sulfone groups is 1. The molecule has 1 heterocycles. The van der Waals surface area contributed by atoms with Crippen molar-refractivity contribution in [3.63, 3.8) is 0 Å². The fourth-order valence-electron chi connectivity index (χ4n) is 1.28. The third-order valence-corrected chi connectivity index (χ3v) is 3.94. The molecule has 68 valence electrons. The molecule has 0 atom stereocenters. The van der Waals surface area contributed by atoms with E-state index in [-0.39, 0.29) is 5.75 Å². The normalized spacial score (nSPS) is 18.9. The van der Waals surface area contributed by atoms with Gasteiger partial charge in [-0.2, -0.15) is 0 Å². The van der Waals surface area contributed by atoms with Gasteiger partial charge in [-0.3, -0.25) is 0 Å². The first kappa shape index (κ1) is 8.65. The highest BCUT2D eigenvalue weighted by Gasteiger charge is 2.25. The molecule has 0 aliphatic carbocycles. The minimum Gasteiger partial charge on any atom is -0.348 e. The van der Waals surface area contributed by atoms with Crippen molar-refractivity contribution in [2.75, 3.05) is 11.1 Å². The first-order valence-corrected chi connectivity index (χ1v) is 5.77. The van der Waals surface area contributed by atoms with Crippen LogP contribution in [0.4, 0.5) is 5.69 Å². The fourth-order valence-corrected chi connectivity index (χ4v) is 3.17. The van der Waals surface area contributed by atoms with E-state index < -0.39 is 9.84 Å². The minimum atomic E-state index is -3.19. The van der Waals surface area contributed by atoms with E-state index in [9.17, 15) is 8.42 Å². The van der Waals surface area contributed by atoms with E-state index in [0.717, 1.165) is 0 Å². The van der Waals surface area contributed by atoms with Gasteiger partial charge in [0.15, 0.2) is 9.84 Å². The summed E-state index contributed by atoms with van der Waals surface area (Å²) in [5.74, 6) is -0.0840. The Kier molecular flexibility index (Phi) is 1.85. The van der Waals surface area contributed by atoms with Gasteiger partial charge in [0.1, 0.15) is 5.75 Å². The number of rotatable bonds is 0. The van der Waals surface area contributed by atoms with Crippen LogP contribution in [-0.4, -0.2) is 19.2 Å². The molecule has 0 aromatic heterocycles. The molecule has 1 aromatic carbocycles. The molecule has 0 amide bonds. The lowest BCUT2D eigenvalue weighted by molar-refractivity contribution is 0.599. The predicted molar refractivity (Wildman–Crippen MR) is 54.7 cm³/mol. The van der Waals surface area contributed by atoms with E-state index >= 15 is 0 Å². The molecule has 2 rings (SSSR count). The van der Waals surface area contributed by atoms with Gasteiger partial charge in [-0.05, 0) is 12.1 Å². The second-order valence-corrected chi connectivity index (χ2v) is 5.25. The van der Waals surface area contributed by atoms with Crippen molar-refractivity contribution in [2.24, 2.45) is 0 Å². The van der Waals surface area contributed by atoms with Crippen LogP contribution in [0.1, 0.15) is 0 Å². The van der Waals surface area contributed by atoms with E-state index in [1.54, 1.807) is 24.3 Å². The maximum Gasteiger partial charge on any atom is 0.186 e. The third kappa shape index (κ3) is 1.45. The van der Waals surface area contributed by atoms with Crippen LogP contribution >= 0.6 is 12.2 Å². The second kappa shape index (κ2) is 2.78. The Balaban J connectivity index is 2.70. The summed E-state index contributed by atoms with van der Waals surface area (Å²) in [5.41, 5.74) is 0.582. The van der Waals surface area contributed by atoms with Gasteiger partial charge in [-0.1, -0.05) is 24.4 Å². The zero-order valence-electron chi connectivity index (χ0n) is 6.65. The van der Waals surface area contributed by atoms with Crippen LogP contribution in [0.25, 0.3) is 0 Å². The molecule has 1 aliphatic rings. The van der Waals surface area contributed by atoms with Gasteiger partial charge in [0, 0.05) is 0 Å². The third-order valence-electron chi connectivity index (χ3n) is 1.82. The van der Waals surface area contributed by atoms with Crippen molar-refractivity contribution >= 4 is 32.7 Å². The lowest BCUT2D eigenvalue weighted by Gasteiger charge is -2.18. The van der Waals surface area contributed by atoms with Crippen molar-refractivity contribution in [3.05, 3.63) is 24.3 Å². The Morgan fingerprint density at radius 1 is 1.31 bits per heavy atom. The lowest BCUT2D eigenvalue weighted by atomic mass is 10.3. The lowest BCUT2D eigenvalue weighted by Crippen LogP contribution is -2.27. The number of anilines is 1. The van der Waals surface area contributed by atoms with Gasteiger partial charge >= 0.3 is 0 Å². The molecule has 0 unspecified atom stereocenters. The predicted octanol–water partition coefficient (Wildman–Crippen LogP) is 1.21. The topological polar surface area (TPSA) is 46.2 Å². The van der Waals surface area contributed by atoms with Gasteiger partial charge < -0.3 is 5.32 Å². The Labute approximate surface area is 81.7 Å². The summed E-state index contributed by atoms with van der Waals surface area (Å²) in [5, 5.41) is 2.87. The van der Waals surface area contributed by atoms with Gasteiger partial charge in [-0.15, -0.1) is 0 Å². The molecule has 0 saturated heterocycles. The zero-order chi connectivity index (χ0) is 9.47. The number of fused-ring (bicyclic) bond motifs is 1. The minimum absolute atomic E-state index is 0.0840. The summed E-state index contributed by atoms with van der Waals surface area (Å²) in [6.45, 7) is 0. The molecule has 0 saturated carbocycles. The highest BCUT2D eigenvalue weighted by molar-refractivity contribution is 7.94. The number of benzene rings is 1. The number of nitrogens with one attached hydrogen (secondary N) is 1. The number of hydrogen-bond acceptors (Lipinski definition) is 3. The Morgan fingerprint density at radius 3 is 2.77 bits per heavy atom. The molecule has 0 fully saturated rings. The average Bonchev–Trinajstić information content (AvgIpc) is 2.02. The molecule has 1 aromatic rings. The Hall–Kier alpha value is -0.940. The molecule has 5 heteroatoms. The van der Waals surface area contributed by atoms with Gasteiger partial charge in [0.05, 0.1) is 15.6 Å². The van der Waals surface area contributed by atoms with E-state index in [0.29, 0.717) is 15.6 Å². The van der Waals surface area contributed by atoms with Crippen molar-refractivity contribution in [1.29, 1.82) is 0 Å². The monoisotopic (exact) mass is 213 g/mol. The summed E-state index contributed by atoms with van der Waals surface area (Å²) in [4.78, 5) is 0.697. The van der Waals surface area contributed by atoms with Gasteiger partial charge in [-0.25, -0.2) is 8.42 Å². The van der Waals surface area contributed by atoms with Crippen molar-refractivity contribution in [2.45, 2.75) is 4.90 Å². The van der Waals surface area contributed by atoms with Gasteiger partial charge in [0.2, 0.25) is 0 Å². The van der Waals surface area contributed by atoms with Crippen LogP contribution in [0.2, 0.25) is 0 Å². The summed E-state index contributed by atoms with van der Waals surface area (Å²) >= 11 is 4.84. The molecular formula is C8H7NO2S2. The molecule has 0 bridgehead atoms. The smallest absolute Gasteiger partial charge is 0.186 e. The first-order chi connectivity index (χ1) is 6.09. The van der Waals surface area contributed by atoms with Crippen LogP contribution in [0.15, 0.2) is 29.2 Å². The van der Waals surface area contributed by atoms with Crippen molar-refractivity contribution < 1.29 is 8.42 Å². The van der Waals surface area contributed by atoms with Gasteiger partial charge in [0.25, 0.3) is 0 Å². The van der Waals surface area contributed by atoms with Crippen molar-refractivity contribution in [1.82, 2.24) is 0 Å².